The summed E-state index contributed by atoms with van der Waals surface area (Å²) in [6.07, 6.45) is 4.62. The van der Waals surface area contributed by atoms with E-state index in [2.05, 4.69) is 60.8 Å². The van der Waals surface area contributed by atoms with Crippen LogP contribution in [0.25, 0.3) is 27.6 Å². The zero-order chi connectivity index (χ0) is 54.5. The Hall–Kier alpha value is -5.63. The van der Waals surface area contributed by atoms with Crippen LogP contribution in [0, 0.1) is 13.8 Å². The number of alkyl halides is 6. The van der Waals surface area contributed by atoms with E-state index in [1.165, 1.54) is 35.5 Å². The highest BCUT2D eigenvalue weighted by molar-refractivity contribution is 7.13. The Kier molecular flexibility index (Phi) is 17.6. The van der Waals surface area contributed by atoms with Crippen molar-refractivity contribution in [1.29, 1.82) is 0 Å². The number of nitrogens with zero attached hydrogens (tertiary/aromatic N) is 11. The lowest BCUT2D eigenvalue weighted by atomic mass is 9.92. The first kappa shape index (κ1) is 56.1. The molecular weight excluding hydrogens is 1050 g/mol. The maximum absolute atomic E-state index is 13.5. The minimum absolute atomic E-state index is 0.00504. The number of halogens is 6. The standard InChI is InChI=1S/C20H26F2N6O.2C16H20F2N4OS/c21-20(22)6-3-15(4-7-20)23-17-13-18(27-9-11-29-12-10-27)25-19(24-17)28-8-5-16(26-28)14-1-2-14;2*1-9-8-24-15(19-9)14-21-12(10(2)23)7-13(22-14)20-11-3-5-16(17,18)6-4-11/h5,8,13-15H,1-4,6-7,9-12H2,(H,23,24,25);2*7-8,10-11,23H,3-6H2,1-2H3,(H,20,21,22)/t;2*10-/m.10/s1. The van der Waals surface area contributed by atoms with Gasteiger partial charge in [-0.1, -0.05) is 0 Å². The lowest BCUT2D eigenvalue weighted by Gasteiger charge is -2.30. The number of aliphatic hydroxyl groups excluding tert-OH is 2. The van der Waals surface area contributed by atoms with E-state index in [0.29, 0.717) is 114 Å². The van der Waals surface area contributed by atoms with E-state index in [0.717, 1.165) is 36.0 Å². The second-order valence-corrected chi connectivity index (χ2v) is 22.5. The highest BCUT2D eigenvalue weighted by Gasteiger charge is 2.37. The van der Waals surface area contributed by atoms with Crippen molar-refractivity contribution in [1.82, 2.24) is 49.7 Å². The molecule has 0 aromatic carbocycles. The van der Waals surface area contributed by atoms with Crippen molar-refractivity contribution in [3.8, 4) is 27.6 Å². The van der Waals surface area contributed by atoms with E-state index in [1.54, 1.807) is 30.7 Å². The first-order valence-electron chi connectivity index (χ1n) is 26.4. The van der Waals surface area contributed by atoms with E-state index in [9.17, 15) is 36.6 Å². The van der Waals surface area contributed by atoms with Gasteiger partial charge in [-0.2, -0.15) is 15.1 Å². The van der Waals surface area contributed by atoms with E-state index in [1.807, 2.05) is 42.9 Å². The van der Waals surface area contributed by atoms with Gasteiger partial charge in [0.05, 0.1) is 42.5 Å². The molecule has 6 aromatic rings. The van der Waals surface area contributed by atoms with Crippen molar-refractivity contribution in [3.63, 3.8) is 0 Å². The minimum Gasteiger partial charge on any atom is -0.387 e. The summed E-state index contributed by atoms with van der Waals surface area (Å²) in [5.41, 5.74) is 3.80. The number of rotatable bonds is 13. The highest BCUT2D eigenvalue weighted by atomic mass is 32.1. The summed E-state index contributed by atoms with van der Waals surface area (Å²) >= 11 is 2.87. The Morgan fingerprint density at radius 3 is 1.40 bits per heavy atom. The van der Waals surface area contributed by atoms with Gasteiger partial charge in [0.25, 0.3) is 5.95 Å². The third kappa shape index (κ3) is 15.8. The largest absolute Gasteiger partial charge is 0.387 e. The average Bonchev–Trinajstić information content (AvgIpc) is 3.70. The van der Waals surface area contributed by atoms with Crippen molar-refractivity contribution >= 4 is 45.9 Å². The van der Waals surface area contributed by atoms with Gasteiger partial charge >= 0.3 is 0 Å². The number of morpholine rings is 1. The highest BCUT2D eigenvalue weighted by Crippen LogP contribution is 2.40. The molecule has 1 saturated heterocycles. The normalized spacial score (nSPS) is 20.5. The van der Waals surface area contributed by atoms with Crippen LogP contribution in [-0.2, 0) is 4.74 Å². The smallest absolute Gasteiger partial charge is 0.254 e. The Labute approximate surface area is 451 Å². The molecule has 11 rings (SSSR count). The van der Waals surface area contributed by atoms with Gasteiger partial charge in [-0.05, 0) is 85.1 Å². The first-order valence-corrected chi connectivity index (χ1v) is 28.2. The number of aliphatic hydroxyl groups is 2. The van der Waals surface area contributed by atoms with Crippen LogP contribution in [0.4, 0.5) is 49.6 Å². The second-order valence-electron chi connectivity index (χ2n) is 20.7. The Morgan fingerprint density at radius 1 is 0.584 bits per heavy atom. The number of thiazole rings is 2. The lowest BCUT2D eigenvalue weighted by Crippen LogP contribution is -2.37. The molecule has 5 N–H and O–H groups in total. The molecule has 5 fully saturated rings. The van der Waals surface area contributed by atoms with Gasteiger partial charge < -0.3 is 35.8 Å². The van der Waals surface area contributed by atoms with Crippen LogP contribution in [0.2, 0.25) is 0 Å². The molecule has 4 aliphatic carbocycles. The summed E-state index contributed by atoms with van der Waals surface area (Å²) in [6, 6.07) is 7.17. The summed E-state index contributed by atoms with van der Waals surface area (Å²) in [6.45, 7) is 9.88. The number of hydrogen-bond donors (Lipinski definition) is 5. The number of aromatic nitrogens is 10. The summed E-state index contributed by atoms with van der Waals surface area (Å²) in [4.78, 5) is 37.9. The molecule has 0 amide bonds. The number of hydrogen-bond acceptors (Lipinski definition) is 18. The molecule has 0 bridgehead atoms. The van der Waals surface area contributed by atoms with Crippen LogP contribution in [0.5, 0.6) is 0 Å². The summed E-state index contributed by atoms with van der Waals surface area (Å²) < 4.78 is 87.3. The van der Waals surface area contributed by atoms with Crippen LogP contribution in [0.15, 0.2) is 41.2 Å². The monoisotopic (exact) mass is 1110 g/mol. The maximum atomic E-state index is 13.5. The molecule has 0 unspecified atom stereocenters. The van der Waals surface area contributed by atoms with Gasteiger partial charge in [-0.25, -0.2) is 60.9 Å². The summed E-state index contributed by atoms with van der Waals surface area (Å²) in [7, 11) is 0. The zero-order valence-corrected chi connectivity index (χ0v) is 45.2. The molecule has 2 atom stereocenters. The fourth-order valence-corrected chi connectivity index (χ4v) is 10.8. The van der Waals surface area contributed by atoms with Gasteiger partial charge in [0.1, 0.15) is 23.3 Å². The van der Waals surface area contributed by atoms with Crippen molar-refractivity contribution in [2.24, 2.45) is 0 Å². The van der Waals surface area contributed by atoms with Crippen molar-refractivity contribution in [2.45, 2.75) is 172 Å². The molecule has 0 spiro atoms. The minimum atomic E-state index is -2.56. The summed E-state index contributed by atoms with van der Waals surface area (Å²) in [5, 5.41) is 39.3. The summed E-state index contributed by atoms with van der Waals surface area (Å²) in [5.74, 6) is -3.16. The molecule has 1 aliphatic heterocycles. The molecule has 17 nitrogen and oxygen atoms in total. The van der Waals surface area contributed by atoms with E-state index in [4.69, 9.17) is 9.72 Å². The van der Waals surface area contributed by atoms with E-state index >= 15 is 0 Å². The molecule has 25 heteroatoms. The third-order valence-electron chi connectivity index (χ3n) is 14.0. The predicted octanol–water partition coefficient (Wildman–Crippen LogP) is 11.3. The Morgan fingerprint density at radius 2 is 1.01 bits per heavy atom. The van der Waals surface area contributed by atoms with Gasteiger partial charge in [0, 0.05) is 122 Å². The predicted molar refractivity (Wildman–Crippen MR) is 284 cm³/mol. The quantitative estimate of drug-likeness (QED) is 0.0681. The van der Waals surface area contributed by atoms with Gasteiger partial charge in [0.2, 0.25) is 17.8 Å². The molecule has 7 heterocycles. The fourth-order valence-electron chi connectivity index (χ4n) is 9.39. The molecule has 416 valence electrons. The molecule has 77 heavy (non-hydrogen) atoms. The Balaban J connectivity index is 0.000000142. The van der Waals surface area contributed by atoms with Gasteiger partial charge in [-0.3, -0.25) is 0 Å². The number of ether oxygens (including phenoxy) is 1. The molecular formula is C52H66F6N14O3S2. The molecule has 0 radical (unpaired) electrons. The lowest BCUT2D eigenvalue weighted by molar-refractivity contribution is -0.0366. The number of aryl methyl sites for hydroxylation is 2. The number of anilines is 4. The fraction of sp³-hybridized carbons (Fsp3) is 0.596. The van der Waals surface area contributed by atoms with Gasteiger partial charge in [-0.15, -0.1) is 22.7 Å². The average molecular weight is 1110 g/mol. The van der Waals surface area contributed by atoms with E-state index in [-0.39, 0.29) is 56.7 Å². The van der Waals surface area contributed by atoms with Crippen LogP contribution < -0.4 is 20.9 Å². The van der Waals surface area contributed by atoms with Crippen LogP contribution in [0.3, 0.4) is 0 Å². The SMILES string of the molecule is Cc1csc(-c2nc(NC3CCC(F)(F)CC3)cc([C@@H](C)O)n2)n1.Cc1csc(-c2nc(NC3CCC(F)(F)CC3)cc([C@H](C)O)n2)n1.FC1(F)CCC(Nc2cc(N3CCOCC3)nc(-n3ccc(C4CC4)n3)n2)CC1. The zero-order valence-electron chi connectivity index (χ0n) is 43.5. The number of nitrogens with one attached hydrogen (secondary N) is 3. The third-order valence-corrected chi connectivity index (χ3v) is 15.9. The van der Waals surface area contributed by atoms with E-state index < -0.39 is 30.0 Å². The van der Waals surface area contributed by atoms with Crippen LogP contribution >= 0.6 is 22.7 Å². The Bertz CT molecular complexity index is 2760. The molecule has 4 saturated carbocycles. The van der Waals surface area contributed by atoms with Gasteiger partial charge in [0.15, 0.2) is 21.7 Å². The van der Waals surface area contributed by atoms with Crippen LogP contribution in [0.1, 0.15) is 150 Å². The second kappa shape index (κ2) is 24.2. The van der Waals surface area contributed by atoms with Crippen molar-refractivity contribution in [3.05, 3.63) is 69.7 Å². The molecule has 6 aromatic heterocycles. The maximum Gasteiger partial charge on any atom is 0.254 e. The van der Waals surface area contributed by atoms with Crippen LogP contribution in [-0.4, -0.2) is 122 Å². The van der Waals surface area contributed by atoms with Crippen molar-refractivity contribution < 1.29 is 41.3 Å². The molecule has 5 aliphatic rings. The topological polar surface area (TPSA) is 210 Å². The van der Waals surface area contributed by atoms with Crippen molar-refractivity contribution in [2.75, 3.05) is 47.2 Å². The first-order chi connectivity index (χ1) is 36.7.